The first-order chi connectivity index (χ1) is 12.9. The van der Waals surface area contributed by atoms with Crippen molar-refractivity contribution in [1.29, 1.82) is 0 Å². The molecule has 5 nitrogen and oxygen atoms in total. The normalized spacial score (nSPS) is 15.9. The zero-order chi connectivity index (χ0) is 19.6. The van der Waals surface area contributed by atoms with Gasteiger partial charge in [0.25, 0.3) is 11.8 Å². The van der Waals surface area contributed by atoms with Gasteiger partial charge in [0.2, 0.25) is 0 Å². The number of thiocarbonyl (C=S) groups is 1. The first kappa shape index (κ1) is 19.5. The summed E-state index contributed by atoms with van der Waals surface area (Å²) in [5, 5.41) is 2.98. The highest BCUT2D eigenvalue weighted by molar-refractivity contribution is 9.10. The molecule has 0 unspecified atom stereocenters. The van der Waals surface area contributed by atoms with Crippen LogP contribution in [0.2, 0.25) is 5.02 Å². The van der Waals surface area contributed by atoms with E-state index in [0.717, 1.165) is 4.47 Å². The second kappa shape index (κ2) is 8.21. The zero-order valence-electron chi connectivity index (χ0n) is 14.2. The van der Waals surface area contributed by atoms with Gasteiger partial charge in [0.1, 0.15) is 11.3 Å². The molecule has 27 heavy (non-hydrogen) atoms. The van der Waals surface area contributed by atoms with E-state index in [-0.39, 0.29) is 10.7 Å². The molecule has 2 aromatic carbocycles. The minimum absolute atomic E-state index is 0.0324. The fourth-order valence-corrected chi connectivity index (χ4v) is 3.46. The monoisotopic (exact) mass is 464 g/mol. The number of benzene rings is 2. The third-order valence-corrected chi connectivity index (χ3v) is 4.81. The Hall–Kier alpha value is -2.22. The van der Waals surface area contributed by atoms with Crippen LogP contribution in [0.15, 0.2) is 52.5 Å². The van der Waals surface area contributed by atoms with Crippen LogP contribution < -0.4 is 15.0 Å². The van der Waals surface area contributed by atoms with Gasteiger partial charge >= 0.3 is 0 Å². The summed E-state index contributed by atoms with van der Waals surface area (Å²) in [5.41, 5.74) is 1.11. The lowest BCUT2D eigenvalue weighted by Crippen LogP contribution is -2.54. The molecule has 1 saturated heterocycles. The Labute approximate surface area is 175 Å². The van der Waals surface area contributed by atoms with E-state index in [1.54, 1.807) is 36.4 Å². The Morgan fingerprint density at radius 3 is 2.70 bits per heavy atom. The number of hydrogen-bond acceptors (Lipinski definition) is 4. The van der Waals surface area contributed by atoms with Gasteiger partial charge in [-0.15, -0.1) is 0 Å². The molecule has 2 amide bonds. The summed E-state index contributed by atoms with van der Waals surface area (Å²) in [4.78, 5) is 26.6. The van der Waals surface area contributed by atoms with Gasteiger partial charge in [-0.2, -0.15) is 0 Å². The van der Waals surface area contributed by atoms with Gasteiger partial charge in [0.15, 0.2) is 5.11 Å². The lowest BCUT2D eigenvalue weighted by atomic mass is 10.1. The van der Waals surface area contributed by atoms with E-state index in [4.69, 9.17) is 28.6 Å². The number of nitrogens with zero attached hydrogens (tertiary/aromatic N) is 1. The van der Waals surface area contributed by atoms with Crippen LogP contribution in [0, 0.1) is 0 Å². The molecule has 8 heteroatoms. The van der Waals surface area contributed by atoms with E-state index in [0.29, 0.717) is 28.6 Å². The summed E-state index contributed by atoms with van der Waals surface area (Å²) in [6, 6.07) is 12.1. The van der Waals surface area contributed by atoms with Crippen molar-refractivity contribution in [3.05, 3.63) is 63.1 Å². The smallest absolute Gasteiger partial charge is 0.270 e. The summed E-state index contributed by atoms with van der Waals surface area (Å²) in [6.45, 7) is 2.34. The molecule has 1 fully saturated rings. The molecule has 0 aliphatic carbocycles. The standard InChI is InChI=1S/C19H14BrClN2O3S/c1-2-26-16-7-6-11(9-15(16)21)8-14-17(24)22-19(27)23(18(14)25)13-5-3-4-12(20)10-13/h3-10H,2H2,1H3,(H,22,24,27)/b14-8-. The Morgan fingerprint density at radius 1 is 1.26 bits per heavy atom. The van der Waals surface area contributed by atoms with E-state index >= 15 is 0 Å². The molecule has 0 saturated carbocycles. The minimum atomic E-state index is -0.554. The van der Waals surface area contributed by atoms with Crippen molar-refractivity contribution in [3.63, 3.8) is 0 Å². The predicted molar refractivity (Wildman–Crippen MR) is 113 cm³/mol. The summed E-state index contributed by atoms with van der Waals surface area (Å²) in [7, 11) is 0. The quantitative estimate of drug-likeness (QED) is 0.415. The molecular formula is C19H14BrClN2O3S. The van der Waals surface area contributed by atoms with Crippen molar-refractivity contribution in [3.8, 4) is 5.75 Å². The van der Waals surface area contributed by atoms with Crippen molar-refractivity contribution >= 4 is 68.4 Å². The average Bonchev–Trinajstić information content (AvgIpc) is 2.61. The SMILES string of the molecule is CCOc1ccc(/C=C2/C(=O)NC(=S)N(c3cccc(Br)c3)C2=O)cc1Cl. The van der Waals surface area contributed by atoms with Crippen LogP contribution in [-0.2, 0) is 9.59 Å². The van der Waals surface area contributed by atoms with E-state index < -0.39 is 11.8 Å². The molecule has 1 aliphatic heterocycles. The molecule has 0 atom stereocenters. The number of ether oxygens (including phenoxy) is 1. The fourth-order valence-electron chi connectivity index (χ4n) is 2.55. The molecule has 3 rings (SSSR count). The van der Waals surface area contributed by atoms with Crippen molar-refractivity contribution in [2.45, 2.75) is 6.92 Å². The van der Waals surface area contributed by atoms with Crippen molar-refractivity contribution < 1.29 is 14.3 Å². The third kappa shape index (κ3) is 4.21. The summed E-state index contributed by atoms with van der Waals surface area (Å²) in [6.07, 6.45) is 1.48. The second-order valence-electron chi connectivity index (χ2n) is 5.56. The molecular weight excluding hydrogens is 452 g/mol. The first-order valence-electron chi connectivity index (χ1n) is 8.00. The number of carbonyl (C=O) groups is 2. The molecule has 0 spiro atoms. The van der Waals surface area contributed by atoms with Crippen LogP contribution in [0.4, 0.5) is 5.69 Å². The number of hydrogen-bond donors (Lipinski definition) is 1. The predicted octanol–water partition coefficient (Wildman–Crippen LogP) is 4.33. The van der Waals surface area contributed by atoms with Crippen LogP contribution in [0.25, 0.3) is 6.08 Å². The third-order valence-electron chi connectivity index (χ3n) is 3.73. The van der Waals surface area contributed by atoms with Gasteiger partial charge in [-0.1, -0.05) is 39.7 Å². The summed E-state index contributed by atoms with van der Waals surface area (Å²) < 4.78 is 6.18. The van der Waals surface area contributed by atoms with Gasteiger partial charge in [-0.05, 0) is 61.1 Å². The lowest BCUT2D eigenvalue weighted by molar-refractivity contribution is -0.122. The van der Waals surface area contributed by atoms with E-state index in [1.807, 2.05) is 13.0 Å². The number of anilines is 1. The second-order valence-corrected chi connectivity index (χ2v) is 7.27. The molecule has 1 heterocycles. The number of nitrogens with one attached hydrogen (secondary N) is 1. The maximum Gasteiger partial charge on any atom is 0.270 e. The van der Waals surface area contributed by atoms with Crippen LogP contribution in [0.1, 0.15) is 12.5 Å². The molecule has 0 radical (unpaired) electrons. The van der Waals surface area contributed by atoms with Crippen molar-refractivity contribution in [2.75, 3.05) is 11.5 Å². The van der Waals surface area contributed by atoms with E-state index in [2.05, 4.69) is 21.2 Å². The lowest BCUT2D eigenvalue weighted by Gasteiger charge is -2.29. The van der Waals surface area contributed by atoms with Gasteiger partial charge in [0, 0.05) is 4.47 Å². The topological polar surface area (TPSA) is 58.6 Å². The van der Waals surface area contributed by atoms with Crippen molar-refractivity contribution in [2.24, 2.45) is 0 Å². The zero-order valence-corrected chi connectivity index (χ0v) is 17.3. The molecule has 138 valence electrons. The van der Waals surface area contributed by atoms with Gasteiger partial charge in [0.05, 0.1) is 17.3 Å². The first-order valence-corrected chi connectivity index (χ1v) is 9.58. The number of halogens is 2. The minimum Gasteiger partial charge on any atom is -0.492 e. The summed E-state index contributed by atoms with van der Waals surface area (Å²) in [5.74, 6) is -0.522. The maximum absolute atomic E-state index is 13.0. The Bertz CT molecular complexity index is 977. The highest BCUT2D eigenvalue weighted by atomic mass is 79.9. The largest absolute Gasteiger partial charge is 0.492 e. The molecule has 2 aromatic rings. The fraction of sp³-hybridized carbons (Fsp3) is 0.105. The Balaban J connectivity index is 1.98. The van der Waals surface area contributed by atoms with Gasteiger partial charge < -0.3 is 4.74 Å². The average molecular weight is 466 g/mol. The summed E-state index contributed by atoms with van der Waals surface area (Å²) >= 11 is 14.7. The maximum atomic E-state index is 13.0. The van der Waals surface area contributed by atoms with Crippen LogP contribution in [0.5, 0.6) is 5.75 Å². The molecule has 1 aliphatic rings. The number of rotatable bonds is 4. The van der Waals surface area contributed by atoms with Crippen molar-refractivity contribution in [1.82, 2.24) is 5.32 Å². The van der Waals surface area contributed by atoms with E-state index in [9.17, 15) is 9.59 Å². The van der Waals surface area contributed by atoms with Gasteiger partial charge in [-0.3, -0.25) is 19.8 Å². The van der Waals surface area contributed by atoms with E-state index in [1.165, 1.54) is 11.0 Å². The van der Waals surface area contributed by atoms with Crippen LogP contribution in [0.3, 0.4) is 0 Å². The number of amides is 2. The highest BCUT2D eigenvalue weighted by Crippen LogP contribution is 2.28. The molecule has 0 aromatic heterocycles. The highest BCUT2D eigenvalue weighted by Gasteiger charge is 2.34. The molecule has 1 N–H and O–H groups in total. The Kier molecular flexibility index (Phi) is 5.94. The molecule has 0 bridgehead atoms. The van der Waals surface area contributed by atoms with Gasteiger partial charge in [-0.25, -0.2) is 0 Å². The number of carbonyl (C=O) groups excluding carboxylic acids is 2. The Morgan fingerprint density at radius 2 is 2.04 bits per heavy atom. The van der Waals surface area contributed by atoms with Crippen LogP contribution >= 0.6 is 39.7 Å². The van der Waals surface area contributed by atoms with Crippen LogP contribution in [-0.4, -0.2) is 23.5 Å².